The largest absolute Gasteiger partial charge is 0.321 e. The molecule has 0 spiro atoms. The van der Waals surface area contributed by atoms with Gasteiger partial charge in [0.2, 0.25) is 5.91 Å². The van der Waals surface area contributed by atoms with Crippen molar-refractivity contribution in [3.63, 3.8) is 0 Å². The Morgan fingerprint density at radius 1 is 0.974 bits per heavy atom. The highest BCUT2D eigenvalue weighted by atomic mass is 35.5. The summed E-state index contributed by atoms with van der Waals surface area (Å²) in [4.78, 5) is 43.2. The van der Waals surface area contributed by atoms with Crippen molar-refractivity contribution in [3.05, 3.63) is 112 Å². The van der Waals surface area contributed by atoms with Crippen molar-refractivity contribution in [2.75, 3.05) is 16.4 Å². The molecule has 0 radical (unpaired) electrons. The van der Waals surface area contributed by atoms with Crippen molar-refractivity contribution in [1.29, 1.82) is 0 Å². The van der Waals surface area contributed by atoms with E-state index in [4.69, 9.17) is 11.6 Å². The minimum atomic E-state index is -0.493. The number of benzene rings is 3. The van der Waals surface area contributed by atoms with Crippen LogP contribution in [0.5, 0.6) is 0 Å². The third-order valence-electron chi connectivity index (χ3n) is 5.04. The normalized spacial score (nSPS) is 11.1. The molecular weight excluding hydrogens is 540 g/mol. The lowest BCUT2D eigenvalue weighted by Gasteiger charge is -2.12. The highest BCUT2D eigenvalue weighted by Crippen LogP contribution is 2.22. The molecule has 10 heteroatoms. The van der Waals surface area contributed by atoms with Crippen LogP contribution in [0, 0.1) is 6.92 Å². The van der Waals surface area contributed by atoms with Crippen LogP contribution in [0.25, 0.3) is 6.08 Å². The zero-order valence-electron chi connectivity index (χ0n) is 20.2. The molecule has 3 amide bonds. The van der Waals surface area contributed by atoms with Gasteiger partial charge >= 0.3 is 0 Å². The molecule has 0 unspecified atom stereocenters. The average molecular weight is 563 g/mol. The van der Waals surface area contributed by atoms with Crippen LogP contribution in [-0.2, 0) is 9.59 Å². The van der Waals surface area contributed by atoms with E-state index in [2.05, 4.69) is 20.9 Å². The van der Waals surface area contributed by atoms with E-state index in [0.29, 0.717) is 27.0 Å². The van der Waals surface area contributed by atoms with Crippen LogP contribution in [0.15, 0.2) is 94.8 Å². The zero-order valence-corrected chi connectivity index (χ0v) is 22.6. The van der Waals surface area contributed by atoms with Crippen molar-refractivity contribution in [2.45, 2.75) is 11.8 Å². The fourth-order valence-corrected chi connectivity index (χ4v) is 4.86. The maximum atomic E-state index is 13.2. The van der Waals surface area contributed by atoms with Crippen molar-refractivity contribution in [3.8, 4) is 0 Å². The van der Waals surface area contributed by atoms with Gasteiger partial charge < -0.3 is 16.0 Å². The Kier molecular flexibility index (Phi) is 9.31. The van der Waals surface area contributed by atoms with Gasteiger partial charge in [-0.05, 0) is 67.1 Å². The standard InChI is InChI=1S/C28H23ClN4O3S2/c1-18-16-38-28(30-18)33-25(34)17-37-23-12-10-22(11-13-23)31-27(36)24(15-19-6-5-9-21(29)14-19)32-26(35)20-7-3-2-4-8-20/h2-16H,17H2,1H3,(H,31,36)(H,32,35)(H,30,33,34)/b24-15-. The maximum Gasteiger partial charge on any atom is 0.272 e. The summed E-state index contributed by atoms with van der Waals surface area (Å²) < 4.78 is 0. The summed E-state index contributed by atoms with van der Waals surface area (Å²) in [7, 11) is 0. The Hall–Kier alpha value is -3.92. The number of aryl methyl sites for hydroxylation is 1. The summed E-state index contributed by atoms with van der Waals surface area (Å²) in [6.07, 6.45) is 1.56. The van der Waals surface area contributed by atoms with Crippen LogP contribution in [0.2, 0.25) is 5.02 Å². The zero-order chi connectivity index (χ0) is 26.9. The first kappa shape index (κ1) is 27.1. The first-order valence-electron chi connectivity index (χ1n) is 11.5. The summed E-state index contributed by atoms with van der Waals surface area (Å²) in [6.45, 7) is 1.87. The molecule has 0 aliphatic rings. The smallest absolute Gasteiger partial charge is 0.272 e. The van der Waals surface area contributed by atoms with E-state index in [1.165, 1.54) is 23.1 Å². The Morgan fingerprint density at radius 2 is 1.74 bits per heavy atom. The third kappa shape index (κ3) is 8.04. The number of thioether (sulfide) groups is 1. The third-order valence-corrected chi connectivity index (χ3v) is 7.16. The lowest BCUT2D eigenvalue weighted by atomic mass is 10.1. The second-order valence-corrected chi connectivity index (χ2v) is 10.4. The molecule has 0 aliphatic heterocycles. The number of aromatic nitrogens is 1. The van der Waals surface area contributed by atoms with Gasteiger partial charge in [0.05, 0.1) is 11.4 Å². The van der Waals surface area contributed by atoms with E-state index in [9.17, 15) is 14.4 Å². The minimum Gasteiger partial charge on any atom is -0.321 e. The van der Waals surface area contributed by atoms with Crippen LogP contribution >= 0.6 is 34.7 Å². The summed E-state index contributed by atoms with van der Waals surface area (Å²) in [5.41, 5.74) is 2.55. The van der Waals surface area contributed by atoms with Crippen LogP contribution in [0.3, 0.4) is 0 Å². The second-order valence-electron chi connectivity index (χ2n) is 8.04. The number of carbonyl (C=O) groups excluding carboxylic acids is 3. The van der Waals surface area contributed by atoms with Crippen LogP contribution in [-0.4, -0.2) is 28.5 Å². The van der Waals surface area contributed by atoms with Crippen LogP contribution < -0.4 is 16.0 Å². The van der Waals surface area contributed by atoms with Crippen molar-refractivity contribution >= 4 is 69.3 Å². The molecule has 3 N–H and O–H groups in total. The molecule has 0 saturated carbocycles. The Bertz CT molecular complexity index is 1470. The van der Waals surface area contributed by atoms with Gasteiger partial charge in [0.25, 0.3) is 11.8 Å². The average Bonchev–Trinajstić information content (AvgIpc) is 3.32. The summed E-state index contributed by atoms with van der Waals surface area (Å²) >= 11 is 8.85. The lowest BCUT2D eigenvalue weighted by Crippen LogP contribution is -2.30. The summed E-state index contributed by atoms with van der Waals surface area (Å²) in [5, 5.41) is 11.2. The van der Waals surface area contributed by atoms with Gasteiger partial charge in [-0.1, -0.05) is 41.9 Å². The molecule has 1 heterocycles. The van der Waals surface area contributed by atoms with E-state index < -0.39 is 11.8 Å². The van der Waals surface area contributed by atoms with E-state index in [1.807, 2.05) is 30.5 Å². The van der Waals surface area contributed by atoms with Crippen molar-refractivity contribution in [2.24, 2.45) is 0 Å². The maximum absolute atomic E-state index is 13.2. The first-order valence-corrected chi connectivity index (χ1v) is 13.7. The summed E-state index contributed by atoms with van der Waals surface area (Å²) in [6, 6.07) is 22.7. The van der Waals surface area contributed by atoms with Gasteiger partial charge in [0.1, 0.15) is 5.70 Å². The molecule has 3 aromatic carbocycles. The molecular formula is C28H23ClN4O3S2. The van der Waals surface area contributed by atoms with Crippen LogP contribution in [0.4, 0.5) is 10.8 Å². The molecule has 0 atom stereocenters. The predicted molar refractivity (Wildman–Crippen MR) is 155 cm³/mol. The number of nitrogens with zero attached hydrogens (tertiary/aromatic N) is 1. The second kappa shape index (κ2) is 13.0. The van der Waals surface area contributed by atoms with Gasteiger partial charge in [-0.15, -0.1) is 23.1 Å². The highest BCUT2D eigenvalue weighted by Gasteiger charge is 2.15. The van der Waals surface area contributed by atoms with Gasteiger partial charge in [-0.2, -0.15) is 0 Å². The molecule has 1 aromatic heterocycles. The number of hydrogen-bond donors (Lipinski definition) is 3. The lowest BCUT2D eigenvalue weighted by molar-refractivity contribution is -0.114. The monoisotopic (exact) mass is 562 g/mol. The minimum absolute atomic E-state index is 0.0636. The number of rotatable bonds is 9. The predicted octanol–water partition coefficient (Wildman–Crippen LogP) is 6.25. The number of anilines is 2. The number of nitrogens with one attached hydrogen (secondary N) is 3. The molecule has 4 rings (SSSR count). The molecule has 0 saturated heterocycles. The van der Waals surface area contributed by atoms with E-state index in [0.717, 1.165) is 10.6 Å². The van der Waals surface area contributed by atoms with Gasteiger partial charge in [0.15, 0.2) is 5.13 Å². The molecule has 4 aromatic rings. The molecule has 0 bridgehead atoms. The molecule has 192 valence electrons. The Morgan fingerprint density at radius 3 is 2.42 bits per heavy atom. The SMILES string of the molecule is Cc1csc(NC(=O)CSc2ccc(NC(=O)/C(=C/c3cccc(Cl)c3)NC(=O)c3ccccc3)cc2)n1. The van der Waals surface area contributed by atoms with E-state index >= 15 is 0 Å². The molecule has 7 nitrogen and oxygen atoms in total. The number of halogens is 1. The van der Waals surface area contributed by atoms with Gasteiger partial charge in [-0.25, -0.2) is 4.98 Å². The van der Waals surface area contributed by atoms with E-state index in [-0.39, 0.29) is 17.4 Å². The quantitative estimate of drug-likeness (QED) is 0.165. The fourth-order valence-electron chi connectivity index (χ4n) is 3.25. The van der Waals surface area contributed by atoms with Crippen LogP contribution in [0.1, 0.15) is 21.6 Å². The fraction of sp³-hybridized carbons (Fsp3) is 0.0714. The van der Waals surface area contributed by atoms with Crippen molar-refractivity contribution in [1.82, 2.24) is 10.3 Å². The van der Waals surface area contributed by atoms with Gasteiger partial charge in [-0.3, -0.25) is 14.4 Å². The van der Waals surface area contributed by atoms with E-state index in [1.54, 1.807) is 66.7 Å². The number of carbonyl (C=O) groups is 3. The molecule has 0 aliphatic carbocycles. The molecule has 0 fully saturated rings. The topological polar surface area (TPSA) is 100 Å². The Labute approximate surface area is 233 Å². The number of thiazole rings is 1. The number of hydrogen-bond acceptors (Lipinski definition) is 6. The summed E-state index contributed by atoms with van der Waals surface area (Å²) in [5.74, 6) is -0.825. The first-order chi connectivity index (χ1) is 18.4. The van der Waals surface area contributed by atoms with Crippen molar-refractivity contribution < 1.29 is 14.4 Å². The number of amides is 3. The molecule has 38 heavy (non-hydrogen) atoms. The van der Waals surface area contributed by atoms with Gasteiger partial charge in [0, 0.05) is 26.5 Å². The highest BCUT2D eigenvalue weighted by molar-refractivity contribution is 8.00. The Balaban J connectivity index is 1.41.